The molecule has 118 valence electrons. The molecule has 0 bridgehead atoms. The van der Waals surface area contributed by atoms with Crippen molar-refractivity contribution < 1.29 is 23.0 Å². The normalized spacial score (nSPS) is 23.6. The highest BCUT2D eigenvalue weighted by atomic mass is 35.5. The molecule has 1 aliphatic heterocycles. The largest absolute Gasteiger partial charge is 0.392 e. The quantitative estimate of drug-likeness (QED) is 0.864. The first-order valence-corrected chi connectivity index (χ1v) is 8.21. The van der Waals surface area contributed by atoms with Gasteiger partial charge in [0.2, 0.25) is 10.0 Å². The van der Waals surface area contributed by atoms with Crippen LogP contribution in [0.4, 0.5) is 0 Å². The Labute approximate surface area is 129 Å². The second kappa shape index (κ2) is 6.60. The number of sulfonamides is 1. The van der Waals surface area contributed by atoms with E-state index < -0.39 is 10.0 Å². The number of benzene rings is 1. The Morgan fingerprint density at radius 3 is 2.29 bits per heavy atom. The average molecular weight is 336 g/mol. The third kappa shape index (κ3) is 3.23. The zero-order chi connectivity index (χ0) is 15.6. The zero-order valence-electron chi connectivity index (χ0n) is 11.8. The lowest BCUT2D eigenvalue weighted by Gasteiger charge is -2.16. The van der Waals surface area contributed by atoms with E-state index >= 15 is 0 Å². The van der Waals surface area contributed by atoms with Crippen molar-refractivity contribution in [2.75, 3.05) is 27.3 Å². The van der Waals surface area contributed by atoms with Crippen molar-refractivity contribution in [2.45, 2.75) is 23.7 Å². The van der Waals surface area contributed by atoms with Gasteiger partial charge in [0.05, 0.1) is 23.7 Å². The smallest absolute Gasteiger partial charge is 0.243 e. The first-order valence-electron chi connectivity index (χ1n) is 6.39. The summed E-state index contributed by atoms with van der Waals surface area (Å²) in [7, 11) is -0.610. The van der Waals surface area contributed by atoms with Crippen molar-refractivity contribution in [2.24, 2.45) is 0 Å². The van der Waals surface area contributed by atoms with Gasteiger partial charge < -0.3 is 14.6 Å². The Hall–Kier alpha value is -0.700. The maximum absolute atomic E-state index is 12.6. The maximum atomic E-state index is 12.6. The minimum Gasteiger partial charge on any atom is -0.392 e. The predicted molar refractivity (Wildman–Crippen MR) is 77.7 cm³/mol. The van der Waals surface area contributed by atoms with Crippen molar-refractivity contribution in [3.63, 3.8) is 0 Å². The van der Waals surface area contributed by atoms with Gasteiger partial charge in [-0.3, -0.25) is 0 Å². The summed E-state index contributed by atoms with van der Waals surface area (Å²) in [5.41, 5.74) is 0.488. The standard InChI is InChI=1S/C13H18ClNO5S/c1-19-12-6-15(7-13(12)20-2)21(17,18)10-4-3-9(8-16)11(14)5-10/h3-5,12-13,16H,6-8H2,1-2H3. The number of aliphatic hydroxyl groups is 1. The number of hydrogen-bond donors (Lipinski definition) is 1. The van der Waals surface area contributed by atoms with E-state index in [4.69, 9.17) is 26.2 Å². The van der Waals surface area contributed by atoms with Gasteiger partial charge in [0, 0.05) is 32.3 Å². The molecule has 0 spiro atoms. The van der Waals surface area contributed by atoms with E-state index in [1.165, 1.54) is 36.7 Å². The number of aliphatic hydroxyl groups excluding tert-OH is 1. The molecule has 1 aromatic rings. The summed E-state index contributed by atoms with van der Waals surface area (Å²) in [4.78, 5) is 0.0938. The topological polar surface area (TPSA) is 76.1 Å². The van der Waals surface area contributed by atoms with E-state index in [0.717, 1.165) is 0 Å². The Morgan fingerprint density at radius 1 is 1.29 bits per heavy atom. The van der Waals surface area contributed by atoms with Gasteiger partial charge in [0.15, 0.2) is 0 Å². The van der Waals surface area contributed by atoms with Gasteiger partial charge in [-0.2, -0.15) is 4.31 Å². The second-order valence-electron chi connectivity index (χ2n) is 4.78. The number of rotatable bonds is 5. The molecule has 1 N–H and O–H groups in total. The SMILES string of the molecule is COC1CN(S(=O)(=O)c2ccc(CO)c(Cl)c2)CC1OC. The third-order valence-electron chi connectivity index (χ3n) is 3.62. The van der Waals surface area contributed by atoms with Gasteiger partial charge in [-0.05, 0) is 17.7 Å². The van der Waals surface area contributed by atoms with Crippen LogP contribution in [0.3, 0.4) is 0 Å². The van der Waals surface area contributed by atoms with Crippen LogP contribution in [-0.4, -0.2) is 57.3 Å². The van der Waals surface area contributed by atoms with Crippen molar-refractivity contribution in [3.8, 4) is 0 Å². The molecule has 6 nitrogen and oxygen atoms in total. The van der Waals surface area contributed by atoms with Crippen LogP contribution in [0.15, 0.2) is 23.1 Å². The maximum Gasteiger partial charge on any atom is 0.243 e. The van der Waals surface area contributed by atoms with E-state index in [2.05, 4.69) is 0 Å². The highest BCUT2D eigenvalue weighted by Gasteiger charge is 2.39. The van der Waals surface area contributed by atoms with E-state index in [-0.39, 0.29) is 41.8 Å². The lowest BCUT2D eigenvalue weighted by Crippen LogP contribution is -2.30. The Kier molecular flexibility index (Phi) is 5.24. The van der Waals surface area contributed by atoms with Crippen molar-refractivity contribution >= 4 is 21.6 Å². The highest BCUT2D eigenvalue weighted by molar-refractivity contribution is 7.89. The summed E-state index contributed by atoms with van der Waals surface area (Å²) in [6.07, 6.45) is -0.589. The molecule has 0 amide bonds. The molecule has 2 unspecified atom stereocenters. The van der Waals surface area contributed by atoms with Crippen LogP contribution in [0.1, 0.15) is 5.56 Å². The summed E-state index contributed by atoms with van der Waals surface area (Å²) in [6.45, 7) is 0.230. The van der Waals surface area contributed by atoms with Gasteiger partial charge in [0.25, 0.3) is 0 Å². The monoisotopic (exact) mass is 335 g/mol. The molecule has 0 saturated carbocycles. The molecule has 1 aromatic carbocycles. The summed E-state index contributed by atoms with van der Waals surface area (Å²) in [5, 5.41) is 9.31. The molecular formula is C13H18ClNO5S. The summed E-state index contributed by atoms with van der Waals surface area (Å²) in [5.74, 6) is 0. The predicted octanol–water partition coefficient (Wildman–Crippen LogP) is 0.867. The van der Waals surface area contributed by atoms with Crippen molar-refractivity contribution in [1.82, 2.24) is 4.31 Å². The molecule has 1 fully saturated rings. The van der Waals surface area contributed by atoms with E-state index in [9.17, 15) is 8.42 Å². The van der Waals surface area contributed by atoms with Crippen molar-refractivity contribution in [3.05, 3.63) is 28.8 Å². The Morgan fingerprint density at radius 2 is 1.86 bits per heavy atom. The average Bonchev–Trinajstić information content (AvgIpc) is 2.91. The van der Waals surface area contributed by atoms with Crippen LogP contribution in [0.5, 0.6) is 0 Å². The molecule has 1 heterocycles. The van der Waals surface area contributed by atoms with Gasteiger partial charge >= 0.3 is 0 Å². The molecule has 1 saturated heterocycles. The van der Waals surface area contributed by atoms with Gasteiger partial charge in [-0.1, -0.05) is 17.7 Å². The number of nitrogens with zero attached hydrogens (tertiary/aromatic N) is 1. The molecule has 21 heavy (non-hydrogen) atoms. The fourth-order valence-electron chi connectivity index (χ4n) is 2.33. The molecule has 2 rings (SSSR count). The Bertz CT molecular complexity index is 595. The first kappa shape index (κ1) is 16.7. The third-order valence-corrected chi connectivity index (χ3v) is 5.80. The second-order valence-corrected chi connectivity index (χ2v) is 7.13. The summed E-state index contributed by atoms with van der Waals surface area (Å²) >= 11 is 5.96. The number of hydrogen-bond acceptors (Lipinski definition) is 5. The van der Waals surface area contributed by atoms with E-state index in [1.54, 1.807) is 0 Å². The number of ether oxygens (including phenoxy) is 2. The van der Waals surface area contributed by atoms with Crippen molar-refractivity contribution in [1.29, 1.82) is 0 Å². The first-order chi connectivity index (χ1) is 9.93. The van der Waals surface area contributed by atoms with Crippen LogP contribution in [-0.2, 0) is 26.1 Å². The zero-order valence-corrected chi connectivity index (χ0v) is 13.4. The molecule has 2 atom stereocenters. The number of methoxy groups -OCH3 is 2. The molecule has 1 aliphatic rings. The molecule has 0 aromatic heterocycles. The fourth-order valence-corrected chi connectivity index (χ4v) is 4.12. The molecule has 0 radical (unpaired) electrons. The lowest BCUT2D eigenvalue weighted by atomic mass is 10.2. The van der Waals surface area contributed by atoms with Crippen LogP contribution in [0.25, 0.3) is 0 Å². The summed E-state index contributed by atoms with van der Waals surface area (Å²) in [6, 6.07) is 4.30. The fraction of sp³-hybridized carbons (Fsp3) is 0.538. The minimum absolute atomic E-state index is 0.0938. The van der Waals surface area contributed by atoms with Gasteiger partial charge in [0.1, 0.15) is 0 Å². The Balaban J connectivity index is 2.28. The molecular weight excluding hydrogens is 318 g/mol. The van der Waals surface area contributed by atoms with Crippen LogP contribution in [0.2, 0.25) is 5.02 Å². The minimum atomic E-state index is -3.66. The van der Waals surface area contributed by atoms with Gasteiger partial charge in [-0.25, -0.2) is 8.42 Å². The highest BCUT2D eigenvalue weighted by Crippen LogP contribution is 2.27. The van der Waals surface area contributed by atoms with E-state index in [0.29, 0.717) is 5.56 Å². The van der Waals surface area contributed by atoms with Crippen LogP contribution in [0, 0.1) is 0 Å². The van der Waals surface area contributed by atoms with Crippen LogP contribution >= 0.6 is 11.6 Å². The van der Waals surface area contributed by atoms with Gasteiger partial charge in [-0.15, -0.1) is 0 Å². The number of halogens is 1. The molecule has 8 heteroatoms. The van der Waals surface area contributed by atoms with E-state index in [1.807, 2.05) is 0 Å². The lowest BCUT2D eigenvalue weighted by molar-refractivity contribution is -0.00461. The summed E-state index contributed by atoms with van der Waals surface area (Å²) < 4.78 is 37.0. The molecule has 0 aliphatic carbocycles. The van der Waals surface area contributed by atoms with Crippen LogP contribution < -0.4 is 0 Å².